The van der Waals surface area contributed by atoms with Crippen LogP contribution in [0.25, 0.3) is 0 Å². The molecule has 1 aromatic heterocycles. The maximum atomic E-state index is 12.1. The first-order valence-corrected chi connectivity index (χ1v) is 7.48. The zero-order valence-corrected chi connectivity index (χ0v) is 13.2. The van der Waals surface area contributed by atoms with Crippen molar-refractivity contribution < 1.29 is 23.6 Å². The lowest BCUT2D eigenvalue weighted by Crippen LogP contribution is -2.32. The Morgan fingerprint density at radius 1 is 1.17 bits per heavy atom. The third-order valence-electron chi connectivity index (χ3n) is 3.47. The molecule has 0 spiro atoms. The maximum absolute atomic E-state index is 12.1. The van der Waals surface area contributed by atoms with Gasteiger partial charge >= 0.3 is 5.97 Å². The lowest BCUT2D eigenvalue weighted by Gasteiger charge is -2.12. The average molecular weight is 329 g/mol. The van der Waals surface area contributed by atoms with Crippen LogP contribution in [-0.4, -0.2) is 33.0 Å². The van der Waals surface area contributed by atoms with Gasteiger partial charge < -0.3 is 9.25 Å². The Balaban J connectivity index is 1.59. The van der Waals surface area contributed by atoms with Crippen molar-refractivity contribution in [2.75, 3.05) is 0 Å². The predicted octanol–water partition coefficient (Wildman–Crippen LogP) is 1.88. The molecular formula is C16H15N3O5. The Bertz CT molecular complexity index is 777. The molecule has 8 heteroatoms. The maximum Gasteiger partial charge on any atom is 0.333 e. The summed E-state index contributed by atoms with van der Waals surface area (Å²) in [5, 5.41) is 8.18. The molecule has 0 aliphatic carbocycles. The van der Waals surface area contributed by atoms with E-state index in [2.05, 4.69) is 10.2 Å². The summed E-state index contributed by atoms with van der Waals surface area (Å²) < 4.78 is 5.38. The van der Waals surface area contributed by atoms with E-state index in [1.165, 1.54) is 12.1 Å². The highest BCUT2D eigenvalue weighted by atomic mass is 16.7. The first kappa shape index (κ1) is 15.9. The summed E-state index contributed by atoms with van der Waals surface area (Å²) in [7, 11) is 0. The molecule has 2 amide bonds. The number of carbonyl (C=O) groups is 3. The van der Waals surface area contributed by atoms with Crippen molar-refractivity contribution in [3.63, 3.8) is 0 Å². The number of rotatable bonds is 5. The molecule has 0 saturated heterocycles. The SMILES string of the molecule is CC(C)c1nnc(CCC(=O)ON2C(=O)c3ccccc3C2=O)o1. The van der Waals surface area contributed by atoms with Crippen LogP contribution in [0.1, 0.15) is 58.7 Å². The van der Waals surface area contributed by atoms with Gasteiger partial charge in [0.1, 0.15) is 0 Å². The van der Waals surface area contributed by atoms with Crippen molar-refractivity contribution in [3.8, 4) is 0 Å². The van der Waals surface area contributed by atoms with E-state index in [0.717, 1.165) is 0 Å². The van der Waals surface area contributed by atoms with Gasteiger partial charge in [-0.3, -0.25) is 9.59 Å². The van der Waals surface area contributed by atoms with Crippen LogP contribution < -0.4 is 0 Å². The number of nitrogens with zero attached hydrogens (tertiary/aromatic N) is 3. The molecule has 1 aliphatic rings. The molecule has 1 aromatic carbocycles. The number of hydrogen-bond acceptors (Lipinski definition) is 7. The van der Waals surface area contributed by atoms with Crippen LogP contribution in [0.3, 0.4) is 0 Å². The van der Waals surface area contributed by atoms with Crippen LogP contribution in [0.5, 0.6) is 0 Å². The van der Waals surface area contributed by atoms with Gasteiger partial charge in [-0.1, -0.05) is 31.0 Å². The molecule has 24 heavy (non-hydrogen) atoms. The van der Waals surface area contributed by atoms with E-state index in [4.69, 9.17) is 9.25 Å². The summed E-state index contributed by atoms with van der Waals surface area (Å²) in [6, 6.07) is 6.29. The molecule has 0 unspecified atom stereocenters. The monoisotopic (exact) mass is 329 g/mol. The van der Waals surface area contributed by atoms with Gasteiger partial charge in [0.05, 0.1) is 17.5 Å². The fraction of sp³-hybridized carbons (Fsp3) is 0.312. The molecule has 0 N–H and O–H groups in total. The third-order valence-corrected chi connectivity index (χ3v) is 3.47. The molecule has 124 valence electrons. The third kappa shape index (κ3) is 2.90. The number of hydrogen-bond donors (Lipinski definition) is 0. The number of hydroxylamine groups is 2. The van der Waals surface area contributed by atoms with E-state index in [9.17, 15) is 14.4 Å². The van der Waals surface area contributed by atoms with Crippen LogP contribution in [0.15, 0.2) is 28.7 Å². The van der Waals surface area contributed by atoms with Crippen molar-refractivity contribution in [2.24, 2.45) is 0 Å². The summed E-state index contributed by atoms with van der Waals surface area (Å²) in [6.07, 6.45) is 0.0782. The second-order valence-corrected chi connectivity index (χ2v) is 5.60. The van der Waals surface area contributed by atoms with Crippen molar-refractivity contribution in [3.05, 3.63) is 47.2 Å². The Morgan fingerprint density at radius 2 is 1.79 bits per heavy atom. The van der Waals surface area contributed by atoms with Gasteiger partial charge in [-0.2, -0.15) is 0 Å². The van der Waals surface area contributed by atoms with Gasteiger partial charge in [-0.05, 0) is 12.1 Å². The highest BCUT2D eigenvalue weighted by molar-refractivity contribution is 6.20. The Labute approximate surface area is 137 Å². The highest BCUT2D eigenvalue weighted by Crippen LogP contribution is 2.23. The number of carbonyl (C=O) groups excluding carboxylic acids is 3. The van der Waals surface area contributed by atoms with Crippen LogP contribution in [0.2, 0.25) is 0 Å². The van der Waals surface area contributed by atoms with Gasteiger partial charge in [-0.15, -0.1) is 10.2 Å². The van der Waals surface area contributed by atoms with E-state index in [0.29, 0.717) is 16.8 Å². The van der Waals surface area contributed by atoms with Gasteiger partial charge in [0, 0.05) is 12.3 Å². The van der Waals surface area contributed by atoms with E-state index >= 15 is 0 Å². The van der Waals surface area contributed by atoms with Crippen LogP contribution >= 0.6 is 0 Å². The van der Waals surface area contributed by atoms with E-state index < -0.39 is 17.8 Å². The quantitative estimate of drug-likeness (QED) is 0.772. The molecule has 2 heterocycles. The molecule has 0 saturated carbocycles. The minimum absolute atomic E-state index is 0.0901. The molecule has 0 atom stereocenters. The number of imide groups is 1. The smallest absolute Gasteiger partial charge is 0.333 e. The zero-order chi connectivity index (χ0) is 17.3. The first-order valence-electron chi connectivity index (χ1n) is 7.48. The number of fused-ring (bicyclic) bond motifs is 1. The molecular weight excluding hydrogens is 314 g/mol. The molecule has 0 radical (unpaired) electrons. The number of benzene rings is 1. The van der Waals surface area contributed by atoms with Gasteiger partial charge in [0.25, 0.3) is 11.8 Å². The minimum Gasteiger partial charge on any atom is -0.425 e. The fourth-order valence-corrected chi connectivity index (χ4v) is 2.21. The molecule has 0 fully saturated rings. The molecule has 2 aromatic rings. The Hall–Kier alpha value is -3.03. The number of aromatic nitrogens is 2. The minimum atomic E-state index is -0.728. The summed E-state index contributed by atoms with van der Waals surface area (Å²) in [5.41, 5.74) is 0.433. The summed E-state index contributed by atoms with van der Waals surface area (Å²) in [6.45, 7) is 3.82. The summed E-state index contributed by atoms with van der Waals surface area (Å²) >= 11 is 0. The van der Waals surface area contributed by atoms with E-state index in [1.807, 2.05) is 13.8 Å². The molecule has 8 nitrogen and oxygen atoms in total. The van der Waals surface area contributed by atoms with Gasteiger partial charge in [0.2, 0.25) is 11.8 Å². The average Bonchev–Trinajstić information content (AvgIpc) is 3.13. The van der Waals surface area contributed by atoms with Crippen LogP contribution in [0.4, 0.5) is 0 Å². The lowest BCUT2D eigenvalue weighted by molar-refractivity contribution is -0.168. The standard InChI is InChI=1S/C16H15N3O5/c1-9(2)14-18-17-12(23-14)7-8-13(20)24-19-15(21)10-5-3-4-6-11(10)16(19)22/h3-6,9H,7-8H2,1-2H3. The Kier molecular flexibility index (Phi) is 4.11. The van der Waals surface area contributed by atoms with Gasteiger partial charge in [0.15, 0.2) is 0 Å². The number of aryl methyl sites for hydroxylation is 1. The van der Waals surface area contributed by atoms with Crippen molar-refractivity contribution in [2.45, 2.75) is 32.6 Å². The first-order chi connectivity index (χ1) is 11.5. The second kappa shape index (κ2) is 6.23. The Morgan fingerprint density at radius 3 is 2.33 bits per heavy atom. The predicted molar refractivity (Wildman–Crippen MR) is 79.7 cm³/mol. The normalized spacial score (nSPS) is 13.5. The highest BCUT2D eigenvalue weighted by Gasteiger charge is 2.38. The lowest BCUT2D eigenvalue weighted by atomic mass is 10.1. The van der Waals surface area contributed by atoms with Crippen molar-refractivity contribution >= 4 is 17.8 Å². The topological polar surface area (TPSA) is 103 Å². The van der Waals surface area contributed by atoms with Gasteiger partial charge in [-0.25, -0.2) is 4.79 Å². The molecule has 1 aliphatic heterocycles. The van der Waals surface area contributed by atoms with E-state index in [-0.39, 0.29) is 29.9 Å². The summed E-state index contributed by atoms with van der Waals surface area (Å²) in [5.74, 6) is -1.14. The second-order valence-electron chi connectivity index (χ2n) is 5.60. The molecule has 0 bridgehead atoms. The zero-order valence-electron chi connectivity index (χ0n) is 13.2. The van der Waals surface area contributed by atoms with Crippen molar-refractivity contribution in [1.29, 1.82) is 0 Å². The fourth-order valence-electron chi connectivity index (χ4n) is 2.21. The van der Waals surface area contributed by atoms with Crippen molar-refractivity contribution in [1.82, 2.24) is 15.3 Å². The van der Waals surface area contributed by atoms with E-state index in [1.54, 1.807) is 12.1 Å². The van der Waals surface area contributed by atoms with Crippen LogP contribution in [-0.2, 0) is 16.1 Å². The molecule has 3 rings (SSSR count). The van der Waals surface area contributed by atoms with Crippen LogP contribution in [0, 0.1) is 0 Å². The number of amides is 2. The largest absolute Gasteiger partial charge is 0.425 e. The summed E-state index contributed by atoms with van der Waals surface area (Å²) in [4.78, 5) is 41.0.